The second-order valence-corrected chi connectivity index (χ2v) is 8.39. The predicted octanol–water partition coefficient (Wildman–Crippen LogP) is 2.36. The highest BCUT2D eigenvalue weighted by molar-refractivity contribution is 5.88. The van der Waals surface area contributed by atoms with Crippen LogP contribution < -0.4 is 5.32 Å². The average Bonchev–Trinajstić information content (AvgIpc) is 3.34. The van der Waals surface area contributed by atoms with Crippen LogP contribution in [0.2, 0.25) is 0 Å². The van der Waals surface area contributed by atoms with Crippen LogP contribution in [0, 0.1) is 6.92 Å². The maximum absolute atomic E-state index is 12.9. The Kier molecular flexibility index (Phi) is 7.14. The van der Waals surface area contributed by atoms with E-state index < -0.39 is 12.1 Å². The van der Waals surface area contributed by atoms with Crippen molar-refractivity contribution in [3.63, 3.8) is 0 Å². The number of allylic oxidation sites excluding steroid dienone is 4. The summed E-state index contributed by atoms with van der Waals surface area (Å²) in [5, 5.41) is 16.9. The quantitative estimate of drug-likeness (QED) is 0.673. The number of aromatic nitrogens is 2. The van der Waals surface area contributed by atoms with Gasteiger partial charge in [0.1, 0.15) is 11.8 Å². The van der Waals surface area contributed by atoms with E-state index in [1.165, 1.54) is 4.90 Å². The van der Waals surface area contributed by atoms with Gasteiger partial charge in [-0.2, -0.15) is 0 Å². The summed E-state index contributed by atoms with van der Waals surface area (Å²) in [4.78, 5) is 31.3. The highest BCUT2D eigenvalue weighted by Gasteiger charge is 2.38. The van der Waals surface area contributed by atoms with Crippen molar-refractivity contribution in [1.82, 2.24) is 20.4 Å². The molecule has 0 radical (unpaired) electrons. The van der Waals surface area contributed by atoms with Gasteiger partial charge in [0.2, 0.25) is 11.8 Å². The normalized spacial score (nSPS) is 20.2. The lowest BCUT2D eigenvalue weighted by Crippen LogP contribution is -2.46. The van der Waals surface area contributed by atoms with Crippen molar-refractivity contribution >= 4 is 17.4 Å². The summed E-state index contributed by atoms with van der Waals surface area (Å²) in [6.07, 6.45) is 12.6. The van der Waals surface area contributed by atoms with Crippen LogP contribution >= 0.6 is 0 Å². The molecule has 0 spiro atoms. The number of amides is 2. The van der Waals surface area contributed by atoms with Gasteiger partial charge < -0.3 is 19.8 Å². The van der Waals surface area contributed by atoms with Crippen molar-refractivity contribution in [1.29, 1.82) is 0 Å². The lowest BCUT2D eigenvalue weighted by atomic mass is 10.1. The second kappa shape index (κ2) is 10.4. The van der Waals surface area contributed by atoms with Crippen LogP contribution in [0.3, 0.4) is 0 Å². The maximum atomic E-state index is 12.9. The largest absolute Gasteiger partial charge is 0.391 e. The molecule has 172 valence electrons. The van der Waals surface area contributed by atoms with Crippen LogP contribution in [-0.4, -0.2) is 57.2 Å². The van der Waals surface area contributed by atoms with Crippen molar-refractivity contribution in [3.8, 4) is 0 Å². The Labute approximate surface area is 192 Å². The summed E-state index contributed by atoms with van der Waals surface area (Å²) in [5.41, 5.74) is 3.94. The maximum Gasteiger partial charge on any atom is 0.243 e. The molecule has 2 N–H and O–H groups in total. The highest BCUT2D eigenvalue weighted by atomic mass is 16.5. The Morgan fingerprint density at radius 2 is 2.21 bits per heavy atom. The topological polar surface area (TPSA) is 109 Å². The zero-order valence-electron chi connectivity index (χ0n) is 18.6. The minimum atomic E-state index is -0.709. The number of β-amino-alcohol motifs (C(OH)–C–C–N with tert-alkyl or cyclic N) is 1. The van der Waals surface area contributed by atoms with Crippen LogP contribution in [0.4, 0.5) is 0 Å². The zero-order valence-corrected chi connectivity index (χ0v) is 18.6. The summed E-state index contributed by atoms with van der Waals surface area (Å²) in [6.45, 7) is 2.32. The number of aliphatic hydroxyl groups excluding tert-OH is 1. The molecule has 0 saturated carbocycles. The van der Waals surface area contributed by atoms with Crippen molar-refractivity contribution in [2.45, 2.75) is 44.8 Å². The van der Waals surface area contributed by atoms with E-state index >= 15 is 0 Å². The van der Waals surface area contributed by atoms with Crippen LogP contribution in [0.15, 0.2) is 65.0 Å². The second-order valence-electron chi connectivity index (χ2n) is 8.39. The molecule has 2 atom stereocenters. The number of rotatable bonds is 7. The van der Waals surface area contributed by atoms with Crippen molar-refractivity contribution < 1.29 is 19.2 Å². The molecule has 8 heteroatoms. The number of hydrogen-bond acceptors (Lipinski definition) is 6. The Balaban J connectivity index is 1.34. The van der Waals surface area contributed by atoms with Crippen LogP contribution in [0.1, 0.15) is 36.3 Å². The summed E-state index contributed by atoms with van der Waals surface area (Å²) in [5.74, 6) is 0.191. The Morgan fingerprint density at radius 1 is 1.33 bits per heavy atom. The third kappa shape index (κ3) is 5.84. The molecule has 0 aromatic carbocycles. The van der Waals surface area contributed by atoms with Gasteiger partial charge in [0.25, 0.3) is 0 Å². The third-order valence-electron chi connectivity index (χ3n) is 5.83. The molecule has 33 heavy (non-hydrogen) atoms. The first-order valence-electron chi connectivity index (χ1n) is 11.1. The average molecular weight is 449 g/mol. The van der Waals surface area contributed by atoms with Gasteiger partial charge in [-0.25, -0.2) is 0 Å². The van der Waals surface area contributed by atoms with Crippen LogP contribution in [0.25, 0.3) is 5.57 Å². The minimum absolute atomic E-state index is 0.159. The van der Waals surface area contributed by atoms with E-state index in [0.29, 0.717) is 18.7 Å². The molecule has 3 heterocycles. The smallest absolute Gasteiger partial charge is 0.243 e. The Hall–Kier alpha value is -3.52. The predicted molar refractivity (Wildman–Crippen MR) is 123 cm³/mol. The van der Waals surface area contributed by atoms with Gasteiger partial charge in [-0.1, -0.05) is 35.5 Å². The molecule has 1 aliphatic heterocycles. The number of carbonyl (C=O) groups excluding carboxylic acids is 2. The molecule has 8 nitrogen and oxygen atoms in total. The zero-order chi connectivity index (χ0) is 23.2. The highest BCUT2D eigenvalue weighted by Crippen LogP contribution is 2.22. The molecule has 1 aliphatic carbocycles. The van der Waals surface area contributed by atoms with Gasteiger partial charge in [0.15, 0.2) is 0 Å². The fourth-order valence-electron chi connectivity index (χ4n) is 4.11. The summed E-state index contributed by atoms with van der Waals surface area (Å²) in [7, 11) is 0. The number of aryl methyl sites for hydroxylation is 2. The van der Waals surface area contributed by atoms with E-state index in [4.69, 9.17) is 4.52 Å². The molecular formula is C25H28N4O4. The minimum Gasteiger partial charge on any atom is -0.391 e. The lowest BCUT2D eigenvalue weighted by Gasteiger charge is -2.23. The molecule has 2 amide bonds. The Bertz CT molecular complexity index is 1090. The van der Waals surface area contributed by atoms with Gasteiger partial charge in [0.05, 0.1) is 11.8 Å². The first-order chi connectivity index (χ1) is 16.0. The number of pyridine rings is 1. The molecule has 2 aromatic heterocycles. The van der Waals surface area contributed by atoms with Gasteiger partial charge >= 0.3 is 0 Å². The number of likely N-dealkylation sites (tertiary alicyclic amines) is 1. The van der Waals surface area contributed by atoms with Crippen molar-refractivity contribution in [2.24, 2.45) is 0 Å². The monoisotopic (exact) mass is 448 g/mol. The first kappa shape index (κ1) is 22.7. The first-order valence-corrected chi connectivity index (χ1v) is 11.1. The summed E-state index contributed by atoms with van der Waals surface area (Å²) >= 11 is 0. The van der Waals surface area contributed by atoms with Gasteiger partial charge in [-0.15, -0.1) is 0 Å². The third-order valence-corrected chi connectivity index (χ3v) is 5.83. The molecule has 1 fully saturated rings. The number of nitrogens with one attached hydrogen (secondary N) is 1. The van der Waals surface area contributed by atoms with E-state index in [1.807, 2.05) is 43.5 Å². The van der Waals surface area contributed by atoms with E-state index in [1.54, 1.807) is 12.3 Å². The summed E-state index contributed by atoms with van der Waals surface area (Å²) < 4.78 is 5.15. The SMILES string of the molecule is Cc1cc(CCC(=O)N2C[C@H](O)CC2C(=O)NCC2=CC=C(c3cccnc3)CC=C2)on1. The molecule has 1 unspecified atom stereocenters. The van der Waals surface area contributed by atoms with E-state index in [0.717, 1.165) is 28.8 Å². The number of nitrogens with zero attached hydrogens (tertiary/aromatic N) is 3. The standard InChI is InChI=1S/C25H28N4O4/c1-17-12-22(33-28-17)9-10-24(31)29-16-21(30)13-23(29)25(32)27-14-18-4-2-5-19(8-7-18)20-6-3-11-26-15-20/h2-4,6-8,11-12,15,21,23,30H,5,9-10,13-14,16H2,1H3,(H,27,32)/t21-,23?/m1/s1. The number of aliphatic hydroxyl groups is 1. The van der Waals surface area contributed by atoms with Gasteiger partial charge in [-0.3, -0.25) is 14.6 Å². The molecule has 1 saturated heterocycles. The lowest BCUT2D eigenvalue weighted by molar-refractivity contribution is -0.138. The molecule has 0 bridgehead atoms. The van der Waals surface area contributed by atoms with Crippen molar-refractivity contribution in [2.75, 3.05) is 13.1 Å². The summed E-state index contributed by atoms with van der Waals surface area (Å²) in [6, 6.07) is 5.04. The molecule has 4 rings (SSSR count). The van der Waals surface area contributed by atoms with Gasteiger partial charge in [-0.05, 0) is 36.1 Å². The van der Waals surface area contributed by atoms with Gasteiger partial charge in [0, 0.05) is 50.8 Å². The molecular weight excluding hydrogens is 420 g/mol. The van der Waals surface area contributed by atoms with Crippen molar-refractivity contribution in [3.05, 3.63) is 77.5 Å². The fraction of sp³-hybridized carbons (Fsp3) is 0.360. The van der Waals surface area contributed by atoms with E-state index in [-0.39, 0.29) is 31.2 Å². The fourth-order valence-corrected chi connectivity index (χ4v) is 4.11. The van der Waals surface area contributed by atoms with Crippen LogP contribution in [0.5, 0.6) is 0 Å². The Morgan fingerprint density at radius 3 is 2.97 bits per heavy atom. The number of carbonyl (C=O) groups is 2. The molecule has 2 aliphatic rings. The van der Waals surface area contributed by atoms with Crippen LogP contribution in [-0.2, 0) is 16.0 Å². The molecule has 2 aromatic rings. The number of hydrogen-bond donors (Lipinski definition) is 2. The van der Waals surface area contributed by atoms with E-state index in [2.05, 4.69) is 21.5 Å². The van der Waals surface area contributed by atoms with E-state index in [9.17, 15) is 14.7 Å².